The lowest BCUT2D eigenvalue weighted by Gasteiger charge is -2.25. The number of allylic oxidation sites excluding steroid dienone is 10. The third-order valence-corrected chi connectivity index (χ3v) is 11.2. The van der Waals surface area contributed by atoms with E-state index in [4.69, 9.17) is 18.9 Å². The van der Waals surface area contributed by atoms with Crippen molar-refractivity contribution in [1.82, 2.24) is 0 Å². The van der Waals surface area contributed by atoms with Gasteiger partial charge in [0.1, 0.15) is 13.2 Å². The molecule has 0 heterocycles. The Balaban J connectivity index is 4.25. The molecule has 0 aliphatic carbocycles. The van der Waals surface area contributed by atoms with Gasteiger partial charge in [0.05, 0.1) is 34.4 Å². The number of nitrogens with zero attached hydrogens (tertiary/aromatic N) is 1. The van der Waals surface area contributed by atoms with Gasteiger partial charge in [-0.05, 0) is 77.0 Å². The second-order valence-electron chi connectivity index (χ2n) is 18.8. The van der Waals surface area contributed by atoms with Crippen molar-refractivity contribution in [3.63, 3.8) is 0 Å². The van der Waals surface area contributed by atoms with Crippen molar-refractivity contribution < 1.29 is 42.9 Å². The number of rotatable bonds is 48. The summed E-state index contributed by atoms with van der Waals surface area (Å²) in [6.45, 7) is 4.78. The Bertz CT molecular complexity index is 1250. The summed E-state index contributed by atoms with van der Waals surface area (Å²) >= 11 is 0. The molecule has 0 aromatic rings. The molecule has 2 atom stereocenters. The number of likely N-dealkylation sites (N-methyl/N-ethyl adjacent to an activating group) is 1. The molecule has 2 unspecified atom stereocenters. The van der Waals surface area contributed by atoms with E-state index in [0.717, 1.165) is 83.5 Å². The smallest absolute Gasteiger partial charge is 0.361 e. The van der Waals surface area contributed by atoms with Crippen molar-refractivity contribution in [2.24, 2.45) is 0 Å². The second kappa shape index (κ2) is 47.5. The summed E-state index contributed by atoms with van der Waals surface area (Å²) in [6, 6.07) is 0. The van der Waals surface area contributed by atoms with Gasteiger partial charge < -0.3 is 28.5 Å². The SMILES string of the molecule is CCC/C=C\C/C=C\CCCCCCCC(=O)OCC(COC(OCC[N+](C)(C)C)C(=O)O)OC(=O)CCCCCCCCCCCCCC/C=C\C/C=C\C/C=C\CCCCCCC. The summed E-state index contributed by atoms with van der Waals surface area (Å²) < 4.78 is 22.8. The van der Waals surface area contributed by atoms with Crippen LogP contribution < -0.4 is 0 Å². The number of hydrogen-bond donors (Lipinski definition) is 1. The number of carbonyl (C=O) groups excluding carboxylic acids is 2. The van der Waals surface area contributed by atoms with Gasteiger partial charge in [0, 0.05) is 12.8 Å². The monoisotopic (exact) mass is 915 g/mol. The predicted molar refractivity (Wildman–Crippen MR) is 272 cm³/mol. The molecule has 0 bridgehead atoms. The number of unbranched alkanes of at least 4 members (excludes halogenated alkanes) is 23. The van der Waals surface area contributed by atoms with Crippen LogP contribution in [0.5, 0.6) is 0 Å². The Hall–Kier alpha value is -3.01. The van der Waals surface area contributed by atoms with Crippen molar-refractivity contribution in [1.29, 1.82) is 0 Å². The van der Waals surface area contributed by atoms with Gasteiger partial charge >= 0.3 is 17.9 Å². The normalized spacial score (nSPS) is 13.3. The van der Waals surface area contributed by atoms with Crippen LogP contribution in [0.3, 0.4) is 0 Å². The Morgan fingerprint density at radius 3 is 1.29 bits per heavy atom. The molecule has 0 spiro atoms. The molecule has 0 aliphatic rings. The molecule has 9 heteroatoms. The zero-order chi connectivity index (χ0) is 47.7. The van der Waals surface area contributed by atoms with Gasteiger partial charge in [-0.3, -0.25) is 9.59 Å². The molecule has 0 rings (SSSR count). The summed E-state index contributed by atoms with van der Waals surface area (Å²) in [5.41, 5.74) is 0. The summed E-state index contributed by atoms with van der Waals surface area (Å²) in [5.74, 6) is -2.03. The Labute approximate surface area is 399 Å². The number of quaternary nitrogens is 1. The molecule has 0 aromatic heterocycles. The number of carbonyl (C=O) groups is 3. The van der Waals surface area contributed by atoms with Gasteiger partial charge in [-0.15, -0.1) is 0 Å². The first-order chi connectivity index (χ1) is 31.6. The first-order valence-corrected chi connectivity index (χ1v) is 26.5. The standard InChI is InChI=1S/C56H99NO8/c1-6-8-10-12-14-16-18-20-21-22-23-24-25-26-27-28-29-30-31-32-33-35-37-39-41-43-45-47-54(59)65-52(51-64-56(55(60)61)62-49-48-57(3,4)5)50-63-53(58)46-44-42-40-38-36-34-19-17-15-13-11-9-7-2/h11,13,17-20,22-23,25-26,52,56H,6-10,12,14-16,21,24,27-51H2,1-5H3/p+1/b13-11-,19-17-,20-18-,23-22-,26-25-. The molecular weight excluding hydrogens is 815 g/mol. The maximum absolute atomic E-state index is 12.8. The lowest BCUT2D eigenvalue weighted by Crippen LogP contribution is -2.40. The Morgan fingerprint density at radius 2 is 0.862 bits per heavy atom. The Kier molecular flexibility index (Phi) is 45.3. The van der Waals surface area contributed by atoms with E-state index in [1.165, 1.54) is 103 Å². The van der Waals surface area contributed by atoms with E-state index >= 15 is 0 Å². The van der Waals surface area contributed by atoms with Crippen LogP contribution in [-0.4, -0.2) is 87.4 Å². The van der Waals surface area contributed by atoms with Crippen LogP contribution in [0.2, 0.25) is 0 Å². The molecule has 0 saturated carbocycles. The molecule has 1 N–H and O–H groups in total. The van der Waals surface area contributed by atoms with Crippen LogP contribution >= 0.6 is 0 Å². The van der Waals surface area contributed by atoms with E-state index in [1.54, 1.807) is 0 Å². The van der Waals surface area contributed by atoms with Crippen LogP contribution in [0.4, 0.5) is 0 Å². The maximum atomic E-state index is 12.8. The van der Waals surface area contributed by atoms with E-state index in [2.05, 4.69) is 74.6 Å². The first kappa shape index (κ1) is 62.0. The van der Waals surface area contributed by atoms with Crippen molar-refractivity contribution >= 4 is 17.9 Å². The molecule has 376 valence electrons. The highest BCUT2D eigenvalue weighted by Crippen LogP contribution is 2.15. The van der Waals surface area contributed by atoms with Crippen LogP contribution in [0.25, 0.3) is 0 Å². The van der Waals surface area contributed by atoms with Crippen molar-refractivity contribution in [2.45, 2.75) is 232 Å². The van der Waals surface area contributed by atoms with Gasteiger partial charge in [0.15, 0.2) is 6.10 Å². The predicted octanol–water partition coefficient (Wildman–Crippen LogP) is 14.9. The second-order valence-corrected chi connectivity index (χ2v) is 18.8. The van der Waals surface area contributed by atoms with E-state index in [9.17, 15) is 19.5 Å². The van der Waals surface area contributed by atoms with Crippen LogP contribution in [-0.2, 0) is 33.3 Å². The average Bonchev–Trinajstić information content (AvgIpc) is 3.27. The number of esters is 2. The van der Waals surface area contributed by atoms with E-state index < -0.39 is 24.3 Å². The summed E-state index contributed by atoms with van der Waals surface area (Å²) in [5, 5.41) is 9.67. The number of ether oxygens (including phenoxy) is 4. The van der Waals surface area contributed by atoms with E-state index in [0.29, 0.717) is 17.4 Å². The molecule has 0 aliphatic heterocycles. The number of hydrogen-bond acceptors (Lipinski definition) is 7. The fourth-order valence-electron chi connectivity index (χ4n) is 7.12. The topological polar surface area (TPSA) is 108 Å². The molecule has 0 radical (unpaired) electrons. The molecule has 0 amide bonds. The molecule has 65 heavy (non-hydrogen) atoms. The van der Waals surface area contributed by atoms with Crippen molar-refractivity contribution in [2.75, 3.05) is 47.5 Å². The minimum Gasteiger partial charge on any atom is -0.477 e. The molecule has 0 aromatic carbocycles. The van der Waals surface area contributed by atoms with Gasteiger partial charge in [0.2, 0.25) is 0 Å². The third-order valence-electron chi connectivity index (χ3n) is 11.2. The lowest BCUT2D eigenvalue weighted by atomic mass is 10.0. The summed E-state index contributed by atoms with van der Waals surface area (Å²) in [4.78, 5) is 37.2. The largest absolute Gasteiger partial charge is 0.477 e. The lowest BCUT2D eigenvalue weighted by molar-refractivity contribution is -0.870. The maximum Gasteiger partial charge on any atom is 0.361 e. The number of aliphatic carboxylic acids is 1. The first-order valence-electron chi connectivity index (χ1n) is 26.5. The zero-order valence-electron chi connectivity index (χ0n) is 42.6. The van der Waals surface area contributed by atoms with E-state index in [1.807, 2.05) is 21.1 Å². The minimum atomic E-state index is -1.51. The van der Waals surface area contributed by atoms with Gasteiger partial charge in [-0.2, -0.15) is 0 Å². The third kappa shape index (κ3) is 48.7. The quantitative estimate of drug-likeness (QED) is 0.0211. The summed E-state index contributed by atoms with van der Waals surface area (Å²) in [6.07, 6.45) is 55.8. The highest BCUT2D eigenvalue weighted by Gasteiger charge is 2.25. The van der Waals surface area contributed by atoms with Crippen molar-refractivity contribution in [3.8, 4) is 0 Å². The fourth-order valence-corrected chi connectivity index (χ4v) is 7.12. The molecule has 0 saturated heterocycles. The van der Waals surface area contributed by atoms with Gasteiger partial charge in [-0.1, -0.05) is 190 Å². The molecule has 9 nitrogen and oxygen atoms in total. The highest BCUT2D eigenvalue weighted by molar-refractivity contribution is 5.71. The molecular formula is C56H100NO8+. The highest BCUT2D eigenvalue weighted by atomic mass is 16.7. The summed E-state index contributed by atoms with van der Waals surface area (Å²) in [7, 11) is 5.95. The Morgan fingerprint density at radius 1 is 0.462 bits per heavy atom. The van der Waals surface area contributed by atoms with Crippen LogP contribution in [0.1, 0.15) is 219 Å². The van der Waals surface area contributed by atoms with Crippen LogP contribution in [0.15, 0.2) is 60.8 Å². The van der Waals surface area contributed by atoms with Gasteiger partial charge in [-0.25, -0.2) is 4.79 Å². The number of carboxylic acid groups (broad SMARTS) is 1. The fraction of sp³-hybridized carbons (Fsp3) is 0.768. The molecule has 0 fully saturated rings. The van der Waals surface area contributed by atoms with Crippen molar-refractivity contribution in [3.05, 3.63) is 60.8 Å². The average molecular weight is 915 g/mol. The van der Waals surface area contributed by atoms with E-state index in [-0.39, 0.29) is 38.6 Å². The zero-order valence-corrected chi connectivity index (χ0v) is 42.6. The van der Waals surface area contributed by atoms with Gasteiger partial charge in [0.25, 0.3) is 6.29 Å². The van der Waals surface area contributed by atoms with Crippen LogP contribution in [0, 0.1) is 0 Å². The number of carboxylic acids is 1. The minimum absolute atomic E-state index is 0.183.